The fourth-order valence-corrected chi connectivity index (χ4v) is 5.08. The number of aromatic hydroxyl groups is 1. The highest BCUT2D eigenvalue weighted by Crippen LogP contribution is 2.43. The van der Waals surface area contributed by atoms with Gasteiger partial charge >= 0.3 is 0 Å². The van der Waals surface area contributed by atoms with E-state index in [2.05, 4.69) is 20.8 Å². The number of carbonyl (C=O) groups excluding carboxylic acids is 2. The van der Waals surface area contributed by atoms with Gasteiger partial charge in [0.1, 0.15) is 11.5 Å². The predicted octanol–water partition coefficient (Wildman–Crippen LogP) is 3.71. The fourth-order valence-electron chi connectivity index (χ4n) is 4.72. The van der Waals surface area contributed by atoms with E-state index in [0.29, 0.717) is 54.3 Å². The van der Waals surface area contributed by atoms with Crippen LogP contribution in [0.2, 0.25) is 0 Å². The molecule has 37 heavy (non-hydrogen) atoms. The zero-order valence-electron chi connectivity index (χ0n) is 20.9. The number of carbonyl (C=O) groups is 2. The molecule has 2 aromatic rings. The number of rotatable bonds is 9. The van der Waals surface area contributed by atoms with Crippen molar-refractivity contribution in [3.05, 3.63) is 57.6 Å². The lowest BCUT2D eigenvalue weighted by Crippen LogP contribution is -2.39. The molecule has 2 N–H and O–H groups in total. The molecule has 0 saturated carbocycles. The highest BCUT2D eigenvalue weighted by molar-refractivity contribution is 9.10. The lowest BCUT2D eigenvalue weighted by Gasteiger charge is -2.29. The van der Waals surface area contributed by atoms with Crippen LogP contribution in [0, 0.1) is 0 Å². The molecule has 2 aromatic carbocycles. The van der Waals surface area contributed by atoms with Gasteiger partial charge in [0, 0.05) is 30.7 Å². The second-order valence-electron chi connectivity index (χ2n) is 8.80. The molecule has 0 aliphatic carbocycles. The average molecular weight is 575 g/mol. The minimum absolute atomic E-state index is 0.0589. The summed E-state index contributed by atoms with van der Waals surface area (Å²) in [6, 6.07) is 8.86. The Morgan fingerprint density at radius 1 is 1.11 bits per heavy atom. The molecule has 4 rings (SSSR count). The van der Waals surface area contributed by atoms with Gasteiger partial charge in [0.05, 0.1) is 44.1 Å². The molecule has 2 fully saturated rings. The average Bonchev–Trinajstić information content (AvgIpc) is 3.15. The molecule has 0 radical (unpaired) electrons. The van der Waals surface area contributed by atoms with Gasteiger partial charge in [0.25, 0.3) is 11.7 Å². The maximum atomic E-state index is 13.3. The standard InChI is InChI=1S/C27H31BrN2O7/c1-3-37-21-8-5-17(15-22(21)35-2)24-23(25(32)19-16-18(28)6-7-20(19)31)26(33)27(34)30(24)10-4-9-29-11-13-36-14-12-29/h5-8,15-16,24,31-32H,3-4,9-14H2,1-2H3/t24-/m0/s1. The van der Waals surface area contributed by atoms with Crippen molar-refractivity contribution < 1.29 is 34.0 Å². The van der Waals surface area contributed by atoms with Crippen LogP contribution >= 0.6 is 15.9 Å². The maximum Gasteiger partial charge on any atom is 0.295 e. The van der Waals surface area contributed by atoms with Crippen LogP contribution in [0.1, 0.15) is 30.5 Å². The summed E-state index contributed by atoms with van der Waals surface area (Å²) in [5.74, 6) is -1.17. The van der Waals surface area contributed by atoms with E-state index in [-0.39, 0.29) is 16.9 Å². The predicted molar refractivity (Wildman–Crippen MR) is 141 cm³/mol. The molecule has 2 heterocycles. The minimum Gasteiger partial charge on any atom is -0.507 e. The number of morpholine rings is 1. The topological polar surface area (TPSA) is 109 Å². The van der Waals surface area contributed by atoms with E-state index < -0.39 is 23.5 Å². The van der Waals surface area contributed by atoms with Crippen molar-refractivity contribution in [1.82, 2.24) is 9.80 Å². The Hall–Kier alpha value is -3.08. The SMILES string of the molecule is CCOc1ccc([C@H]2C(=C(O)c3cc(Br)ccc3O)C(=O)C(=O)N2CCCN2CCOCC2)cc1OC. The van der Waals surface area contributed by atoms with Gasteiger partial charge < -0.3 is 29.3 Å². The van der Waals surface area contributed by atoms with Gasteiger partial charge in [0.15, 0.2) is 11.5 Å². The highest BCUT2D eigenvalue weighted by Gasteiger charge is 2.46. The maximum absolute atomic E-state index is 13.3. The van der Waals surface area contributed by atoms with Crippen LogP contribution < -0.4 is 9.47 Å². The van der Waals surface area contributed by atoms with Crippen molar-refractivity contribution >= 4 is 33.4 Å². The molecule has 2 aliphatic rings. The van der Waals surface area contributed by atoms with E-state index in [1.54, 1.807) is 24.3 Å². The third-order valence-corrected chi connectivity index (χ3v) is 7.03. The Balaban J connectivity index is 1.75. The quantitative estimate of drug-likeness (QED) is 0.265. The number of hydrogen-bond acceptors (Lipinski definition) is 8. The number of phenolic OH excluding ortho intramolecular Hbond substituents is 1. The van der Waals surface area contributed by atoms with Gasteiger partial charge in [-0.25, -0.2) is 0 Å². The Morgan fingerprint density at radius 2 is 1.86 bits per heavy atom. The van der Waals surface area contributed by atoms with Gasteiger partial charge in [0.2, 0.25) is 0 Å². The molecule has 9 nitrogen and oxygen atoms in total. The van der Waals surface area contributed by atoms with E-state index >= 15 is 0 Å². The zero-order chi connectivity index (χ0) is 26.5. The highest BCUT2D eigenvalue weighted by atomic mass is 79.9. The Morgan fingerprint density at radius 3 is 2.57 bits per heavy atom. The van der Waals surface area contributed by atoms with Crippen molar-refractivity contribution in [2.45, 2.75) is 19.4 Å². The summed E-state index contributed by atoms with van der Waals surface area (Å²) in [5.41, 5.74) is 0.557. The number of benzene rings is 2. The first-order valence-electron chi connectivity index (χ1n) is 12.2. The molecule has 198 valence electrons. The summed E-state index contributed by atoms with van der Waals surface area (Å²) in [5, 5.41) is 21.7. The molecule has 0 bridgehead atoms. The van der Waals surface area contributed by atoms with Gasteiger partial charge in [-0.2, -0.15) is 0 Å². The molecule has 2 aliphatic heterocycles. The molecule has 1 atom stereocenters. The van der Waals surface area contributed by atoms with Crippen LogP contribution in [-0.4, -0.2) is 84.8 Å². The Labute approximate surface area is 224 Å². The number of aliphatic hydroxyl groups is 1. The number of likely N-dealkylation sites (tertiary alicyclic amines) is 1. The number of methoxy groups -OCH3 is 1. The van der Waals surface area contributed by atoms with Gasteiger partial charge in [-0.05, 0) is 49.2 Å². The van der Waals surface area contributed by atoms with E-state index in [1.807, 2.05) is 6.92 Å². The van der Waals surface area contributed by atoms with Gasteiger partial charge in [-0.3, -0.25) is 14.5 Å². The van der Waals surface area contributed by atoms with E-state index in [1.165, 1.54) is 24.1 Å². The number of nitrogens with zero attached hydrogens (tertiary/aromatic N) is 2. The number of Topliss-reactive ketones (excluding diaryl/α,β-unsaturated/α-hetero) is 1. The summed E-state index contributed by atoms with van der Waals surface area (Å²) >= 11 is 3.33. The molecule has 2 saturated heterocycles. The van der Waals surface area contributed by atoms with Crippen molar-refractivity contribution in [3.8, 4) is 17.2 Å². The zero-order valence-corrected chi connectivity index (χ0v) is 22.5. The van der Waals surface area contributed by atoms with Crippen LogP contribution in [0.3, 0.4) is 0 Å². The van der Waals surface area contributed by atoms with E-state index in [4.69, 9.17) is 14.2 Å². The lowest BCUT2D eigenvalue weighted by atomic mass is 9.94. The number of ether oxygens (including phenoxy) is 3. The molecule has 0 spiro atoms. The molecular weight excluding hydrogens is 544 g/mol. The van der Waals surface area contributed by atoms with Crippen LogP contribution in [0.5, 0.6) is 17.2 Å². The third kappa shape index (κ3) is 5.76. The normalized spacial score (nSPS) is 19.9. The summed E-state index contributed by atoms with van der Waals surface area (Å²) in [6.07, 6.45) is 0.639. The number of phenols is 1. The van der Waals surface area contributed by atoms with E-state index in [9.17, 15) is 19.8 Å². The molecule has 10 heteroatoms. The molecule has 1 amide bonds. The largest absolute Gasteiger partial charge is 0.507 e. The Kier molecular flexibility index (Phi) is 8.73. The summed E-state index contributed by atoms with van der Waals surface area (Å²) in [7, 11) is 1.51. The molecule has 0 aromatic heterocycles. The van der Waals surface area contributed by atoms with Crippen LogP contribution in [0.15, 0.2) is 46.4 Å². The van der Waals surface area contributed by atoms with Crippen molar-refractivity contribution in [3.63, 3.8) is 0 Å². The summed E-state index contributed by atoms with van der Waals surface area (Å²) in [4.78, 5) is 30.3. The third-order valence-electron chi connectivity index (χ3n) is 6.53. The fraction of sp³-hybridized carbons (Fsp3) is 0.407. The number of halogens is 1. The van der Waals surface area contributed by atoms with Crippen molar-refractivity contribution in [1.29, 1.82) is 0 Å². The van der Waals surface area contributed by atoms with Crippen LogP contribution in [0.4, 0.5) is 0 Å². The van der Waals surface area contributed by atoms with E-state index in [0.717, 1.165) is 19.6 Å². The van der Waals surface area contributed by atoms with Gasteiger partial charge in [-0.1, -0.05) is 22.0 Å². The minimum atomic E-state index is -0.868. The summed E-state index contributed by atoms with van der Waals surface area (Å²) in [6.45, 7) is 6.35. The lowest BCUT2D eigenvalue weighted by molar-refractivity contribution is -0.140. The summed E-state index contributed by atoms with van der Waals surface area (Å²) < 4.78 is 17.1. The van der Waals surface area contributed by atoms with Crippen LogP contribution in [0.25, 0.3) is 5.76 Å². The van der Waals surface area contributed by atoms with Gasteiger partial charge in [-0.15, -0.1) is 0 Å². The monoisotopic (exact) mass is 574 g/mol. The first-order chi connectivity index (χ1) is 17.8. The van der Waals surface area contributed by atoms with Crippen molar-refractivity contribution in [2.24, 2.45) is 0 Å². The number of hydrogen-bond donors (Lipinski definition) is 2. The second-order valence-corrected chi connectivity index (χ2v) is 9.72. The molecular formula is C27H31BrN2O7. The first kappa shape index (κ1) is 27.0. The Bertz CT molecular complexity index is 1190. The molecule has 0 unspecified atom stereocenters. The smallest absolute Gasteiger partial charge is 0.295 e. The van der Waals surface area contributed by atoms with Crippen molar-refractivity contribution in [2.75, 3.05) is 53.1 Å². The second kappa shape index (κ2) is 12.0. The van der Waals surface area contributed by atoms with Crippen LogP contribution in [-0.2, 0) is 14.3 Å². The number of ketones is 1. The number of aliphatic hydroxyl groups excluding tert-OH is 1. The number of amides is 1. The first-order valence-corrected chi connectivity index (χ1v) is 13.0.